The summed E-state index contributed by atoms with van der Waals surface area (Å²) in [5.41, 5.74) is 0.479. The van der Waals surface area contributed by atoms with Gasteiger partial charge in [-0.2, -0.15) is 0 Å². The summed E-state index contributed by atoms with van der Waals surface area (Å²) in [5.74, 6) is -2.36. The van der Waals surface area contributed by atoms with Crippen LogP contribution in [0.3, 0.4) is 0 Å². The number of esters is 3. The average Bonchev–Trinajstić information content (AvgIpc) is 3.01. The number of carbonyl (C=O) groups excluding carboxylic acids is 3. The van der Waals surface area contributed by atoms with Gasteiger partial charge in [-0.1, -0.05) is 0 Å². The number of aromatic nitrogens is 1. The van der Waals surface area contributed by atoms with Crippen molar-refractivity contribution in [2.75, 3.05) is 19.8 Å². The summed E-state index contributed by atoms with van der Waals surface area (Å²) in [6, 6.07) is 3.52. The van der Waals surface area contributed by atoms with E-state index in [9.17, 15) is 19.2 Å². The Morgan fingerprint density at radius 1 is 0.933 bits per heavy atom. The fourth-order valence-corrected chi connectivity index (χ4v) is 4.36. The van der Waals surface area contributed by atoms with E-state index in [1.54, 1.807) is 39.1 Å². The summed E-state index contributed by atoms with van der Waals surface area (Å²) in [7, 11) is 0. The first-order valence-electron chi connectivity index (χ1n) is 9.48. The van der Waals surface area contributed by atoms with Crippen LogP contribution in [0.1, 0.15) is 56.7 Å². The Morgan fingerprint density at radius 2 is 1.50 bits per heavy atom. The van der Waals surface area contributed by atoms with Gasteiger partial charge in [0, 0.05) is 6.20 Å². The number of aryl methyl sites for hydroxylation is 1. The zero-order valence-electron chi connectivity index (χ0n) is 17.1. The number of carbonyl (C=O) groups is 3. The van der Waals surface area contributed by atoms with E-state index < -0.39 is 28.9 Å². The van der Waals surface area contributed by atoms with E-state index in [0.29, 0.717) is 5.52 Å². The van der Waals surface area contributed by atoms with Gasteiger partial charge in [0.25, 0.3) is 0 Å². The second-order valence-electron chi connectivity index (χ2n) is 6.31. The maximum Gasteiger partial charge on any atom is 0.349 e. The molecular formula is C21H21NO7S. The first-order chi connectivity index (χ1) is 14.3. The van der Waals surface area contributed by atoms with Crippen LogP contribution in [0, 0.1) is 6.92 Å². The molecule has 0 radical (unpaired) electrons. The van der Waals surface area contributed by atoms with Crippen molar-refractivity contribution in [3.8, 4) is 0 Å². The lowest BCUT2D eigenvalue weighted by Crippen LogP contribution is -2.23. The number of fused-ring (bicyclic) bond motifs is 3. The van der Waals surface area contributed by atoms with Gasteiger partial charge in [-0.05, 0) is 45.4 Å². The molecule has 3 rings (SSSR count). The molecule has 0 saturated heterocycles. The number of hydrogen-bond acceptors (Lipinski definition) is 8. The molecule has 3 heterocycles. The van der Waals surface area contributed by atoms with Crippen LogP contribution in [0.15, 0.2) is 23.1 Å². The Bertz CT molecular complexity index is 1220. The van der Waals surface area contributed by atoms with E-state index in [1.807, 2.05) is 6.92 Å². The maximum atomic E-state index is 13.4. The fraction of sp³-hybridized carbons (Fsp3) is 0.333. The van der Waals surface area contributed by atoms with Gasteiger partial charge in [-0.3, -0.25) is 4.79 Å². The molecule has 0 saturated carbocycles. The zero-order valence-corrected chi connectivity index (χ0v) is 17.9. The van der Waals surface area contributed by atoms with Gasteiger partial charge in [0.1, 0.15) is 21.5 Å². The highest BCUT2D eigenvalue weighted by Crippen LogP contribution is 2.32. The van der Waals surface area contributed by atoms with E-state index in [1.165, 1.54) is 4.40 Å². The largest absolute Gasteiger partial charge is 0.462 e. The molecule has 3 aromatic rings. The van der Waals surface area contributed by atoms with Gasteiger partial charge >= 0.3 is 17.9 Å². The molecule has 3 aromatic heterocycles. The van der Waals surface area contributed by atoms with Crippen LogP contribution in [0.25, 0.3) is 15.7 Å². The minimum Gasteiger partial charge on any atom is -0.462 e. The summed E-state index contributed by atoms with van der Waals surface area (Å²) >= 11 is 0.845. The Morgan fingerprint density at radius 3 is 2.10 bits per heavy atom. The predicted octanol–water partition coefficient (Wildman–Crippen LogP) is 3.35. The number of ether oxygens (including phenoxy) is 3. The van der Waals surface area contributed by atoms with Crippen molar-refractivity contribution < 1.29 is 28.6 Å². The average molecular weight is 431 g/mol. The normalized spacial score (nSPS) is 10.9. The minimum absolute atomic E-state index is 0.0332. The van der Waals surface area contributed by atoms with Gasteiger partial charge in [0.05, 0.1) is 30.0 Å². The Balaban J connectivity index is 2.51. The molecule has 0 amide bonds. The van der Waals surface area contributed by atoms with Crippen LogP contribution in [-0.4, -0.2) is 42.1 Å². The van der Waals surface area contributed by atoms with Crippen molar-refractivity contribution in [3.05, 3.63) is 50.1 Å². The lowest BCUT2D eigenvalue weighted by Gasteiger charge is -2.08. The lowest BCUT2D eigenvalue weighted by atomic mass is 10.2. The van der Waals surface area contributed by atoms with Gasteiger partial charge in [0.2, 0.25) is 5.43 Å². The molecule has 158 valence electrons. The lowest BCUT2D eigenvalue weighted by molar-refractivity contribution is 0.0482. The molecule has 0 atom stereocenters. The van der Waals surface area contributed by atoms with E-state index in [2.05, 4.69) is 0 Å². The monoisotopic (exact) mass is 431 g/mol. The van der Waals surface area contributed by atoms with Gasteiger partial charge in [-0.15, -0.1) is 11.3 Å². The van der Waals surface area contributed by atoms with Crippen molar-refractivity contribution >= 4 is 45.0 Å². The standard InChI is InChI=1S/C21H21NO7S/c1-5-27-19(24)13-12-10-11(4)8-9-22(12)15-16(23)14(20(25)28-6-2)18(30-17(13)15)21(26)29-7-3/h8-10H,5-7H2,1-4H3. The van der Waals surface area contributed by atoms with Gasteiger partial charge in [0.15, 0.2) is 0 Å². The molecule has 0 N–H and O–H groups in total. The number of pyridine rings is 1. The molecule has 8 nitrogen and oxygen atoms in total. The fourth-order valence-electron chi connectivity index (χ4n) is 3.15. The van der Waals surface area contributed by atoms with Crippen LogP contribution in [0.2, 0.25) is 0 Å². The number of rotatable bonds is 6. The van der Waals surface area contributed by atoms with Crippen LogP contribution < -0.4 is 5.43 Å². The third kappa shape index (κ3) is 3.56. The third-order valence-electron chi connectivity index (χ3n) is 4.34. The van der Waals surface area contributed by atoms with Gasteiger partial charge in [-0.25, -0.2) is 14.4 Å². The summed E-state index contributed by atoms with van der Waals surface area (Å²) in [4.78, 5) is 51.0. The Kier molecular flexibility index (Phi) is 6.21. The van der Waals surface area contributed by atoms with Crippen LogP contribution in [0.5, 0.6) is 0 Å². The van der Waals surface area contributed by atoms with Crippen molar-refractivity contribution in [2.45, 2.75) is 27.7 Å². The molecule has 0 aliphatic carbocycles. The molecular weight excluding hydrogens is 410 g/mol. The molecule has 0 aromatic carbocycles. The smallest absolute Gasteiger partial charge is 0.349 e. The Hall–Kier alpha value is -3.20. The number of hydrogen-bond donors (Lipinski definition) is 0. The van der Waals surface area contributed by atoms with E-state index >= 15 is 0 Å². The van der Waals surface area contributed by atoms with E-state index in [-0.39, 0.29) is 40.5 Å². The maximum absolute atomic E-state index is 13.4. The predicted molar refractivity (Wildman–Crippen MR) is 112 cm³/mol. The highest BCUT2D eigenvalue weighted by atomic mass is 32.1. The molecule has 0 bridgehead atoms. The highest BCUT2D eigenvalue weighted by Gasteiger charge is 2.31. The molecule has 30 heavy (non-hydrogen) atoms. The molecule has 0 aliphatic heterocycles. The molecule has 0 fully saturated rings. The van der Waals surface area contributed by atoms with Crippen molar-refractivity contribution in [3.63, 3.8) is 0 Å². The SMILES string of the molecule is CCOC(=O)c1sc2c(C(=O)OCC)c3cc(C)ccn3c2c(=O)c1C(=O)OCC. The first kappa shape index (κ1) is 21.5. The Labute approximate surface area is 176 Å². The van der Waals surface area contributed by atoms with Crippen molar-refractivity contribution in [1.29, 1.82) is 0 Å². The quantitative estimate of drug-likeness (QED) is 0.436. The number of nitrogens with zero attached hydrogens (tertiary/aromatic N) is 1. The van der Waals surface area contributed by atoms with Crippen LogP contribution >= 0.6 is 11.3 Å². The van der Waals surface area contributed by atoms with Crippen LogP contribution in [0.4, 0.5) is 0 Å². The molecule has 9 heteroatoms. The summed E-state index contributed by atoms with van der Waals surface area (Å²) in [6.45, 7) is 6.97. The topological polar surface area (TPSA) is 100 Å². The molecule has 0 aliphatic rings. The first-order valence-corrected chi connectivity index (χ1v) is 10.3. The van der Waals surface area contributed by atoms with Crippen LogP contribution in [-0.2, 0) is 14.2 Å². The summed E-state index contributed by atoms with van der Waals surface area (Å²) < 4.78 is 17.0. The van der Waals surface area contributed by atoms with Crippen molar-refractivity contribution in [2.24, 2.45) is 0 Å². The van der Waals surface area contributed by atoms with E-state index in [4.69, 9.17) is 14.2 Å². The molecule has 0 spiro atoms. The zero-order chi connectivity index (χ0) is 22.0. The third-order valence-corrected chi connectivity index (χ3v) is 5.52. The molecule has 0 unspecified atom stereocenters. The summed E-state index contributed by atoms with van der Waals surface area (Å²) in [5, 5.41) is 0. The minimum atomic E-state index is -0.913. The van der Waals surface area contributed by atoms with E-state index in [0.717, 1.165) is 16.9 Å². The van der Waals surface area contributed by atoms with Gasteiger partial charge < -0.3 is 18.6 Å². The second-order valence-corrected chi connectivity index (χ2v) is 7.33. The summed E-state index contributed by atoms with van der Waals surface area (Å²) in [6.07, 6.45) is 1.64. The second kappa shape index (κ2) is 8.66. The van der Waals surface area contributed by atoms with Crippen molar-refractivity contribution in [1.82, 2.24) is 4.40 Å². The highest BCUT2D eigenvalue weighted by molar-refractivity contribution is 7.20.